The second-order valence-electron chi connectivity index (χ2n) is 7.36. The van der Waals surface area contributed by atoms with Crippen molar-refractivity contribution in [3.63, 3.8) is 0 Å². The number of sulfonamides is 1. The molecule has 0 bridgehead atoms. The van der Waals surface area contributed by atoms with E-state index >= 15 is 0 Å². The molecule has 0 spiro atoms. The Hall–Kier alpha value is -1.68. The summed E-state index contributed by atoms with van der Waals surface area (Å²) in [5.41, 5.74) is 7.02. The standard InChI is InChI=1S/C18H29N5O3S/c1-13-17(14(2)20-19-13)27(25,26)21-15(3)18(24)23-11-9-22(10-12-23)16-7-5-4-6-8-16/h4-8,13-15,17,19-21H,9-12H2,1-3H3/t13?,14?,15-,17?/m1/s1. The van der Waals surface area contributed by atoms with E-state index in [0.717, 1.165) is 18.8 Å². The monoisotopic (exact) mass is 395 g/mol. The summed E-state index contributed by atoms with van der Waals surface area (Å²) in [6.07, 6.45) is 0. The van der Waals surface area contributed by atoms with Gasteiger partial charge in [-0.2, -0.15) is 0 Å². The van der Waals surface area contributed by atoms with Gasteiger partial charge >= 0.3 is 0 Å². The van der Waals surface area contributed by atoms with Gasteiger partial charge in [0.2, 0.25) is 15.9 Å². The van der Waals surface area contributed by atoms with Crippen LogP contribution in [0.2, 0.25) is 0 Å². The maximum atomic E-state index is 12.7. The van der Waals surface area contributed by atoms with Crippen LogP contribution in [0.5, 0.6) is 0 Å². The Labute approximate surface area is 161 Å². The number of hydrogen-bond donors (Lipinski definition) is 3. The summed E-state index contributed by atoms with van der Waals surface area (Å²) in [7, 11) is -3.63. The van der Waals surface area contributed by atoms with E-state index in [0.29, 0.717) is 13.1 Å². The third-order valence-electron chi connectivity index (χ3n) is 5.31. The molecule has 9 heteroatoms. The predicted molar refractivity (Wildman–Crippen MR) is 106 cm³/mol. The highest BCUT2D eigenvalue weighted by atomic mass is 32.2. The molecule has 0 radical (unpaired) electrons. The number of para-hydroxylation sites is 1. The first-order valence-corrected chi connectivity index (χ1v) is 10.9. The molecule has 2 unspecified atom stereocenters. The van der Waals surface area contributed by atoms with Crippen molar-refractivity contribution in [2.75, 3.05) is 31.1 Å². The van der Waals surface area contributed by atoms with Gasteiger partial charge in [0, 0.05) is 44.0 Å². The number of carbonyl (C=O) groups excluding carboxylic acids is 1. The molecule has 2 saturated heterocycles. The summed E-state index contributed by atoms with van der Waals surface area (Å²) in [6.45, 7) is 7.89. The molecule has 3 atom stereocenters. The highest BCUT2D eigenvalue weighted by Gasteiger charge is 2.41. The van der Waals surface area contributed by atoms with Crippen LogP contribution in [-0.2, 0) is 14.8 Å². The van der Waals surface area contributed by atoms with E-state index in [1.807, 2.05) is 32.0 Å². The van der Waals surface area contributed by atoms with Gasteiger partial charge in [0.05, 0.1) is 6.04 Å². The molecule has 1 aromatic rings. The zero-order chi connectivity index (χ0) is 19.6. The summed E-state index contributed by atoms with van der Waals surface area (Å²) in [5.74, 6) is -0.175. The van der Waals surface area contributed by atoms with Gasteiger partial charge in [-0.05, 0) is 32.9 Å². The summed E-state index contributed by atoms with van der Waals surface area (Å²) in [5, 5.41) is -0.623. The lowest BCUT2D eigenvalue weighted by Gasteiger charge is -2.37. The molecular formula is C18H29N5O3S. The predicted octanol–water partition coefficient (Wildman–Crippen LogP) is -0.103. The summed E-state index contributed by atoms with van der Waals surface area (Å²) in [4.78, 5) is 16.7. The first-order valence-electron chi connectivity index (χ1n) is 9.40. The number of anilines is 1. The molecule has 3 rings (SSSR count). The molecule has 1 aromatic carbocycles. The Bertz CT molecular complexity index is 740. The average molecular weight is 396 g/mol. The molecular weight excluding hydrogens is 366 g/mol. The van der Waals surface area contributed by atoms with Crippen LogP contribution in [0.15, 0.2) is 30.3 Å². The van der Waals surface area contributed by atoms with E-state index in [1.54, 1.807) is 11.8 Å². The van der Waals surface area contributed by atoms with Crippen molar-refractivity contribution in [2.45, 2.75) is 44.1 Å². The third kappa shape index (κ3) is 4.43. The SMILES string of the molecule is CC1NNC(C)C1S(=O)(=O)N[C@H](C)C(=O)N1CCN(c2ccccc2)CC1. The van der Waals surface area contributed by atoms with E-state index < -0.39 is 21.3 Å². The van der Waals surface area contributed by atoms with Crippen LogP contribution in [-0.4, -0.2) is 68.8 Å². The number of nitrogens with zero attached hydrogens (tertiary/aromatic N) is 2. The Morgan fingerprint density at radius 2 is 1.63 bits per heavy atom. The highest BCUT2D eigenvalue weighted by Crippen LogP contribution is 2.17. The van der Waals surface area contributed by atoms with Crippen molar-refractivity contribution in [3.8, 4) is 0 Å². The number of benzene rings is 1. The van der Waals surface area contributed by atoms with Gasteiger partial charge in [-0.3, -0.25) is 15.6 Å². The number of nitrogens with one attached hydrogen (secondary N) is 3. The van der Waals surface area contributed by atoms with Crippen molar-refractivity contribution in [3.05, 3.63) is 30.3 Å². The van der Waals surface area contributed by atoms with Gasteiger partial charge in [-0.15, -0.1) is 0 Å². The maximum absolute atomic E-state index is 12.7. The van der Waals surface area contributed by atoms with Crippen molar-refractivity contribution in [1.29, 1.82) is 0 Å². The largest absolute Gasteiger partial charge is 0.368 e. The normalized spacial score (nSPS) is 27.6. The van der Waals surface area contributed by atoms with Crippen molar-refractivity contribution < 1.29 is 13.2 Å². The first kappa shape index (κ1) is 20.1. The van der Waals surface area contributed by atoms with Crippen LogP contribution < -0.4 is 20.5 Å². The summed E-state index contributed by atoms with van der Waals surface area (Å²) >= 11 is 0. The minimum absolute atomic E-state index is 0.175. The van der Waals surface area contributed by atoms with Crippen LogP contribution >= 0.6 is 0 Å². The third-order valence-corrected chi connectivity index (χ3v) is 7.52. The minimum Gasteiger partial charge on any atom is -0.368 e. The molecule has 1 amide bonds. The Kier molecular flexibility index (Phi) is 6.05. The molecule has 27 heavy (non-hydrogen) atoms. The zero-order valence-corrected chi connectivity index (χ0v) is 16.9. The number of hydrogen-bond acceptors (Lipinski definition) is 6. The van der Waals surface area contributed by atoms with E-state index in [4.69, 9.17) is 0 Å². The quantitative estimate of drug-likeness (QED) is 0.645. The van der Waals surface area contributed by atoms with Crippen LogP contribution in [0.4, 0.5) is 5.69 Å². The van der Waals surface area contributed by atoms with E-state index in [2.05, 4.69) is 32.6 Å². The number of amides is 1. The fourth-order valence-corrected chi connectivity index (χ4v) is 5.83. The molecule has 2 aliphatic heterocycles. The molecule has 2 heterocycles. The van der Waals surface area contributed by atoms with Gasteiger partial charge in [0.15, 0.2) is 0 Å². The second kappa shape index (κ2) is 8.14. The van der Waals surface area contributed by atoms with Crippen LogP contribution in [0.25, 0.3) is 0 Å². The molecule has 0 saturated carbocycles. The molecule has 8 nitrogen and oxygen atoms in total. The van der Waals surface area contributed by atoms with E-state index in [-0.39, 0.29) is 18.0 Å². The molecule has 2 fully saturated rings. The van der Waals surface area contributed by atoms with Gasteiger partial charge in [0.1, 0.15) is 5.25 Å². The van der Waals surface area contributed by atoms with E-state index in [9.17, 15) is 13.2 Å². The topological polar surface area (TPSA) is 93.8 Å². The second-order valence-corrected chi connectivity index (χ2v) is 9.23. The smallest absolute Gasteiger partial charge is 0.240 e. The van der Waals surface area contributed by atoms with Crippen LogP contribution in [0, 0.1) is 0 Å². The Balaban J connectivity index is 1.57. The Morgan fingerprint density at radius 3 is 2.19 bits per heavy atom. The van der Waals surface area contributed by atoms with Crippen molar-refractivity contribution in [2.24, 2.45) is 0 Å². The lowest BCUT2D eigenvalue weighted by atomic mass is 10.2. The lowest BCUT2D eigenvalue weighted by Crippen LogP contribution is -2.56. The van der Waals surface area contributed by atoms with Crippen LogP contribution in [0.3, 0.4) is 0 Å². The average Bonchev–Trinajstić information content (AvgIpc) is 3.00. The lowest BCUT2D eigenvalue weighted by molar-refractivity contribution is -0.132. The fourth-order valence-electron chi connectivity index (χ4n) is 3.87. The Morgan fingerprint density at radius 1 is 1.07 bits per heavy atom. The fraction of sp³-hybridized carbons (Fsp3) is 0.611. The number of rotatable bonds is 5. The maximum Gasteiger partial charge on any atom is 0.240 e. The van der Waals surface area contributed by atoms with Gasteiger partial charge in [-0.1, -0.05) is 18.2 Å². The van der Waals surface area contributed by atoms with Gasteiger partial charge < -0.3 is 9.80 Å². The summed E-state index contributed by atoms with van der Waals surface area (Å²) in [6, 6.07) is 8.85. The first-order chi connectivity index (χ1) is 12.8. The van der Waals surface area contributed by atoms with Gasteiger partial charge in [-0.25, -0.2) is 13.1 Å². The molecule has 2 aliphatic rings. The molecule has 150 valence electrons. The van der Waals surface area contributed by atoms with Crippen LogP contribution in [0.1, 0.15) is 20.8 Å². The zero-order valence-electron chi connectivity index (χ0n) is 16.1. The van der Waals surface area contributed by atoms with E-state index in [1.165, 1.54) is 0 Å². The number of hydrazine groups is 1. The minimum atomic E-state index is -3.63. The number of piperazine rings is 1. The number of carbonyl (C=O) groups is 1. The summed E-state index contributed by atoms with van der Waals surface area (Å²) < 4.78 is 28.0. The van der Waals surface area contributed by atoms with Gasteiger partial charge in [0.25, 0.3) is 0 Å². The van der Waals surface area contributed by atoms with Crippen molar-refractivity contribution >= 4 is 21.6 Å². The molecule has 0 aliphatic carbocycles. The highest BCUT2D eigenvalue weighted by molar-refractivity contribution is 7.90. The van der Waals surface area contributed by atoms with Crippen molar-refractivity contribution in [1.82, 2.24) is 20.5 Å². The molecule has 3 N–H and O–H groups in total. The molecule has 0 aromatic heterocycles.